The molecule has 2 aliphatic rings. The number of nitrogens with one attached hydrogen (secondary N) is 1. The van der Waals surface area contributed by atoms with Gasteiger partial charge in [-0.05, 0) is 35.4 Å². The summed E-state index contributed by atoms with van der Waals surface area (Å²) < 4.78 is 3.44. The van der Waals surface area contributed by atoms with Crippen molar-refractivity contribution < 1.29 is 4.90 Å². The van der Waals surface area contributed by atoms with Gasteiger partial charge in [-0.1, -0.05) is 49.7 Å². The Kier molecular flexibility index (Phi) is 5.46. The van der Waals surface area contributed by atoms with E-state index in [2.05, 4.69) is 56.3 Å². The standard InChI is InChI=1S/C21H29N7S/c1-2-7-18(20-23-24-25-28(20)16-8-3-4-9-16)26-12-14-27(15-13-26)21-22-17-10-5-6-11-19(17)29-21/h5-6,10-11,16,18H,2-4,7-9,12-15H2,1H3/p+1/t18-/m1/s1. The lowest BCUT2D eigenvalue weighted by Gasteiger charge is -2.36. The molecule has 1 aliphatic carbocycles. The highest BCUT2D eigenvalue weighted by molar-refractivity contribution is 7.22. The number of aromatic nitrogens is 5. The monoisotopic (exact) mass is 412 g/mol. The highest BCUT2D eigenvalue weighted by atomic mass is 32.1. The molecule has 0 bridgehead atoms. The molecule has 0 amide bonds. The van der Waals surface area contributed by atoms with Crippen molar-refractivity contribution in [1.29, 1.82) is 0 Å². The van der Waals surface area contributed by atoms with E-state index in [0.717, 1.165) is 55.5 Å². The maximum absolute atomic E-state index is 4.86. The Morgan fingerprint density at radius 2 is 1.97 bits per heavy atom. The predicted molar refractivity (Wildman–Crippen MR) is 116 cm³/mol. The Morgan fingerprint density at radius 3 is 2.72 bits per heavy atom. The zero-order chi connectivity index (χ0) is 19.6. The molecule has 0 radical (unpaired) electrons. The Labute approximate surface area is 175 Å². The van der Waals surface area contributed by atoms with Crippen LogP contribution in [0, 0.1) is 0 Å². The quantitative estimate of drug-likeness (QED) is 0.674. The molecule has 0 spiro atoms. The van der Waals surface area contributed by atoms with Gasteiger partial charge in [-0.15, -0.1) is 5.10 Å². The molecule has 1 aliphatic heterocycles. The molecular formula is C21H30N7S+. The van der Waals surface area contributed by atoms with Crippen molar-refractivity contribution >= 4 is 26.7 Å². The number of hydrogen-bond acceptors (Lipinski definition) is 6. The van der Waals surface area contributed by atoms with E-state index >= 15 is 0 Å². The summed E-state index contributed by atoms with van der Waals surface area (Å²) in [4.78, 5) is 8.94. The summed E-state index contributed by atoms with van der Waals surface area (Å²) in [6.07, 6.45) is 7.35. The Balaban J connectivity index is 1.31. The third-order valence-corrected chi connectivity index (χ3v) is 7.63. The number of thiazole rings is 1. The Bertz CT molecular complexity index is 904. The molecule has 1 saturated heterocycles. The van der Waals surface area contributed by atoms with Crippen LogP contribution >= 0.6 is 11.3 Å². The summed E-state index contributed by atoms with van der Waals surface area (Å²) in [7, 11) is 0. The molecule has 2 aromatic heterocycles. The number of benzene rings is 1. The first-order valence-corrected chi connectivity index (χ1v) is 11.9. The summed E-state index contributed by atoms with van der Waals surface area (Å²) in [5.74, 6) is 1.11. The molecule has 1 saturated carbocycles. The second kappa shape index (κ2) is 8.36. The number of nitrogens with zero attached hydrogens (tertiary/aromatic N) is 6. The van der Waals surface area contributed by atoms with Crippen molar-refractivity contribution in [3.05, 3.63) is 30.1 Å². The van der Waals surface area contributed by atoms with Gasteiger partial charge in [0.15, 0.2) is 5.13 Å². The molecule has 7 nitrogen and oxygen atoms in total. The first-order chi connectivity index (χ1) is 14.3. The van der Waals surface area contributed by atoms with Gasteiger partial charge in [-0.25, -0.2) is 9.67 Å². The fourth-order valence-electron chi connectivity index (χ4n) is 4.97. The Hall–Kier alpha value is -2.06. The fourth-order valence-corrected chi connectivity index (χ4v) is 5.99. The van der Waals surface area contributed by atoms with Gasteiger partial charge in [0.1, 0.15) is 6.04 Å². The van der Waals surface area contributed by atoms with Crippen LogP contribution in [-0.4, -0.2) is 51.4 Å². The van der Waals surface area contributed by atoms with E-state index in [-0.39, 0.29) is 0 Å². The molecule has 2 fully saturated rings. The zero-order valence-corrected chi connectivity index (χ0v) is 17.9. The van der Waals surface area contributed by atoms with Gasteiger partial charge in [0, 0.05) is 6.42 Å². The SMILES string of the molecule is CCC[C@H](c1nnnn1C1CCCC1)[NH+]1CCN(c2nc3ccccc3s2)CC1. The minimum absolute atomic E-state index is 0.396. The summed E-state index contributed by atoms with van der Waals surface area (Å²) >= 11 is 1.81. The molecule has 0 unspecified atom stereocenters. The third kappa shape index (κ3) is 3.75. The van der Waals surface area contributed by atoms with Crippen LogP contribution in [0.15, 0.2) is 24.3 Å². The molecule has 1 aromatic carbocycles. The summed E-state index contributed by atoms with van der Waals surface area (Å²) in [6.45, 7) is 6.57. The lowest BCUT2D eigenvalue weighted by atomic mass is 10.1. The van der Waals surface area contributed by atoms with Crippen LogP contribution in [-0.2, 0) is 0 Å². The summed E-state index contributed by atoms with van der Waals surface area (Å²) in [6, 6.07) is 9.33. The minimum Gasteiger partial charge on any atom is -0.337 e. The van der Waals surface area contributed by atoms with Crippen LogP contribution in [0.2, 0.25) is 0 Å². The van der Waals surface area contributed by atoms with Crippen molar-refractivity contribution in [2.75, 3.05) is 31.1 Å². The first kappa shape index (κ1) is 18.9. The van der Waals surface area contributed by atoms with Gasteiger partial charge in [-0.2, -0.15) is 0 Å². The van der Waals surface area contributed by atoms with Crippen LogP contribution in [0.25, 0.3) is 10.2 Å². The van der Waals surface area contributed by atoms with Crippen molar-refractivity contribution in [1.82, 2.24) is 25.2 Å². The maximum Gasteiger partial charge on any atom is 0.209 e. The van der Waals surface area contributed by atoms with E-state index in [1.165, 1.54) is 30.4 Å². The first-order valence-electron chi connectivity index (χ1n) is 11.1. The third-order valence-electron chi connectivity index (χ3n) is 6.53. The van der Waals surface area contributed by atoms with Gasteiger partial charge in [0.2, 0.25) is 5.82 Å². The van der Waals surface area contributed by atoms with Crippen LogP contribution in [0.5, 0.6) is 0 Å². The zero-order valence-electron chi connectivity index (χ0n) is 17.1. The second-order valence-corrected chi connectivity index (χ2v) is 9.38. The van der Waals surface area contributed by atoms with Crippen LogP contribution in [0.1, 0.15) is 63.4 Å². The fraction of sp³-hybridized carbons (Fsp3) is 0.619. The minimum atomic E-state index is 0.396. The van der Waals surface area contributed by atoms with Crippen molar-refractivity contribution in [2.24, 2.45) is 0 Å². The van der Waals surface area contributed by atoms with Gasteiger partial charge in [-0.3, -0.25) is 0 Å². The van der Waals surface area contributed by atoms with Gasteiger partial charge in [0.25, 0.3) is 0 Å². The molecule has 5 rings (SSSR count). The van der Waals surface area contributed by atoms with Crippen LogP contribution < -0.4 is 9.80 Å². The smallest absolute Gasteiger partial charge is 0.209 e. The van der Waals surface area contributed by atoms with Crippen molar-refractivity contribution in [3.8, 4) is 0 Å². The van der Waals surface area contributed by atoms with Crippen LogP contribution in [0.3, 0.4) is 0 Å². The number of hydrogen-bond donors (Lipinski definition) is 1. The average molecular weight is 413 g/mol. The number of anilines is 1. The van der Waals surface area contributed by atoms with Gasteiger partial charge in [0.05, 0.1) is 42.4 Å². The van der Waals surface area contributed by atoms with Gasteiger partial charge >= 0.3 is 0 Å². The normalized spacial score (nSPS) is 20.0. The Morgan fingerprint density at radius 1 is 1.17 bits per heavy atom. The van der Waals surface area contributed by atoms with E-state index in [4.69, 9.17) is 4.98 Å². The molecule has 8 heteroatoms. The van der Waals surface area contributed by atoms with E-state index in [9.17, 15) is 0 Å². The molecule has 154 valence electrons. The van der Waals surface area contributed by atoms with E-state index in [1.54, 1.807) is 4.90 Å². The number of para-hydroxylation sites is 1. The molecular weight excluding hydrogens is 382 g/mol. The number of quaternary nitrogens is 1. The highest BCUT2D eigenvalue weighted by Crippen LogP contribution is 2.31. The molecule has 3 heterocycles. The van der Waals surface area contributed by atoms with Crippen molar-refractivity contribution in [2.45, 2.75) is 57.5 Å². The topological polar surface area (TPSA) is 64.2 Å². The maximum atomic E-state index is 4.86. The highest BCUT2D eigenvalue weighted by Gasteiger charge is 2.34. The lowest BCUT2D eigenvalue weighted by Crippen LogP contribution is -3.15. The van der Waals surface area contributed by atoms with E-state index < -0.39 is 0 Å². The summed E-state index contributed by atoms with van der Waals surface area (Å²) in [5, 5.41) is 14.2. The van der Waals surface area contributed by atoms with Crippen molar-refractivity contribution in [3.63, 3.8) is 0 Å². The largest absolute Gasteiger partial charge is 0.337 e. The average Bonchev–Trinajstić information content (AvgIpc) is 3.52. The molecule has 3 aromatic rings. The second-order valence-electron chi connectivity index (χ2n) is 8.37. The number of tetrazole rings is 1. The van der Waals surface area contributed by atoms with E-state index in [1.807, 2.05) is 11.3 Å². The number of fused-ring (bicyclic) bond motifs is 1. The van der Waals surface area contributed by atoms with Gasteiger partial charge < -0.3 is 9.80 Å². The number of piperazine rings is 1. The predicted octanol–water partition coefficient (Wildman–Crippen LogP) is 2.64. The number of rotatable bonds is 6. The molecule has 1 atom stereocenters. The van der Waals surface area contributed by atoms with E-state index in [0.29, 0.717) is 12.1 Å². The lowest BCUT2D eigenvalue weighted by molar-refractivity contribution is -0.933. The molecule has 29 heavy (non-hydrogen) atoms. The van der Waals surface area contributed by atoms with Crippen LogP contribution in [0.4, 0.5) is 5.13 Å². The summed E-state index contributed by atoms with van der Waals surface area (Å²) in [5.41, 5.74) is 1.11. The molecule has 1 N–H and O–H groups in total.